The molecular weight excluding hydrogens is 371 g/mol. The molecule has 29 heavy (non-hydrogen) atoms. The molecule has 150 valence electrons. The molecule has 0 radical (unpaired) electrons. The van der Waals surface area contributed by atoms with Crippen molar-refractivity contribution in [2.24, 2.45) is 0 Å². The normalized spacial score (nSPS) is 11.7. The van der Waals surface area contributed by atoms with Crippen LogP contribution in [0.2, 0.25) is 0 Å². The number of halogens is 1. The lowest BCUT2D eigenvalue weighted by Gasteiger charge is -2.30. The van der Waals surface area contributed by atoms with E-state index in [2.05, 4.69) is 5.32 Å². The van der Waals surface area contributed by atoms with Crippen LogP contribution in [-0.2, 0) is 29.1 Å². The number of benzene rings is 2. The predicted molar refractivity (Wildman–Crippen MR) is 107 cm³/mol. The highest BCUT2D eigenvalue weighted by Gasteiger charge is 2.28. The van der Waals surface area contributed by atoms with Crippen molar-refractivity contribution in [3.8, 4) is 0 Å². The second-order valence-corrected chi connectivity index (χ2v) is 6.78. The number of nitrogens with one attached hydrogen (secondary N) is 1. The summed E-state index contributed by atoms with van der Waals surface area (Å²) in [5.41, 5.74) is 1.69. The van der Waals surface area contributed by atoms with Crippen molar-refractivity contribution in [2.75, 3.05) is 0 Å². The Kier molecular flexibility index (Phi) is 6.79. The molecule has 0 aliphatic carbocycles. The highest BCUT2D eigenvalue weighted by Crippen LogP contribution is 2.15. The summed E-state index contributed by atoms with van der Waals surface area (Å²) in [6.07, 6.45) is 1.91. The Morgan fingerprint density at radius 2 is 1.72 bits per heavy atom. The summed E-state index contributed by atoms with van der Waals surface area (Å²) in [5.74, 6) is -0.226. The van der Waals surface area contributed by atoms with Gasteiger partial charge in [-0.15, -0.1) is 0 Å². The Morgan fingerprint density at radius 3 is 2.34 bits per heavy atom. The summed E-state index contributed by atoms with van der Waals surface area (Å²) in [4.78, 5) is 27.0. The zero-order valence-corrected chi connectivity index (χ0v) is 16.2. The second-order valence-electron chi connectivity index (χ2n) is 6.78. The van der Waals surface area contributed by atoms with Crippen LogP contribution in [-0.4, -0.2) is 22.8 Å². The molecule has 0 unspecified atom stereocenters. The van der Waals surface area contributed by atoms with Gasteiger partial charge in [0, 0.05) is 19.9 Å². The van der Waals surface area contributed by atoms with E-state index in [9.17, 15) is 14.0 Å². The lowest BCUT2D eigenvalue weighted by atomic mass is 10.0. The van der Waals surface area contributed by atoms with E-state index in [4.69, 9.17) is 4.42 Å². The van der Waals surface area contributed by atoms with E-state index in [1.807, 2.05) is 30.3 Å². The van der Waals surface area contributed by atoms with Crippen LogP contribution in [0, 0.1) is 5.82 Å². The Bertz CT molecular complexity index is 925. The van der Waals surface area contributed by atoms with Crippen molar-refractivity contribution in [2.45, 2.75) is 32.5 Å². The van der Waals surface area contributed by atoms with Crippen LogP contribution in [0.1, 0.15) is 23.8 Å². The predicted octanol–water partition coefficient (Wildman–Crippen LogP) is 3.69. The molecule has 0 saturated carbocycles. The summed E-state index contributed by atoms with van der Waals surface area (Å²) in [6.45, 7) is 1.88. The number of carbonyl (C=O) groups excluding carboxylic acids is 2. The smallest absolute Gasteiger partial charge is 0.243 e. The van der Waals surface area contributed by atoms with Crippen LogP contribution in [0.3, 0.4) is 0 Å². The van der Waals surface area contributed by atoms with Crippen molar-refractivity contribution in [1.29, 1.82) is 0 Å². The highest BCUT2D eigenvalue weighted by molar-refractivity contribution is 5.87. The largest absolute Gasteiger partial charge is 0.467 e. The number of rotatable bonds is 8. The van der Waals surface area contributed by atoms with Gasteiger partial charge in [-0.05, 0) is 35.4 Å². The van der Waals surface area contributed by atoms with Gasteiger partial charge in [0.15, 0.2) is 0 Å². The Balaban J connectivity index is 1.82. The maximum absolute atomic E-state index is 13.2. The molecule has 3 rings (SSSR count). The number of nitrogens with zero attached hydrogens (tertiary/aromatic N) is 1. The summed E-state index contributed by atoms with van der Waals surface area (Å²) in [5, 5.41) is 2.85. The van der Waals surface area contributed by atoms with Crippen molar-refractivity contribution in [1.82, 2.24) is 10.2 Å². The average molecular weight is 394 g/mol. The minimum Gasteiger partial charge on any atom is -0.467 e. The van der Waals surface area contributed by atoms with Crippen LogP contribution in [0.25, 0.3) is 0 Å². The quantitative estimate of drug-likeness (QED) is 0.634. The van der Waals surface area contributed by atoms with Gasteiger partial charge in [0.1, 0.15) is 17.6 Å². The summed E-state index contributed by atoms with van der Waals surface area (Å²) >= 11 is 0. The molecule has 0 spiro atoms. The van der Waals surface area contributed by atoms with Crippen LogP contribution in [0.4, 0.5) is 4.39 Å². The number of carbonyl (C=O) groups is 2. The van der Waals surface area contributed by atoms with E-state index < -0.39 is 6.04 Å². The molecule has 0 saturated heterocycles. The van der Waals surface area contributed by atoms with Gasteiger partial charge in [-0.3, -0.25) is 9.59 Å². The van der Waals surface area contributed by atoms with Crippen LogP contribution < -0.4 is 5.32 Å². The minimum atomic E-state index is -0.713. The minimum absolute atomic E-state index is 0.210. The average Bonchev–Trinajstić information content (AvgIpc) is 3.24. The third kappa shape index (κ3) is 5.78. The van der Waals surface area contributed by atoms with Crippen molar-refractivity contribution < 1.29 is 18.4 Å². The van der Waals surface area contributed by atoms with Crippen LogP contribution in [0.5, 0.6) is 0 Å². The molecule has 3 aromatic rings. The molecule has 0 aliphatic rings. The zero-order valence-electron chi connectivity index (χ0n) is 16.2. The lowest BCUT2D eigenvalue weighted by Crippen LogP contribution is -2.49. The molecule has 1 aromatic heterocycles. The first-order valence-corrected chi connectivity index (χ1v) is 9.38. The molecular formula is C23H23FN2O3. The Hall–Kier alpha value is -3.41. The fourth-order valence-corrected chi connectivity index (χ4v) is 3.11. The Morgan fingerprint density at radius 1 is 1.00 bits per heavy atom. The molecule has 1 heterocycles. The number of hydrogen-bond acceptors (Lipinski definition) is 3. The van der Waals surface area contributed by atoms with Gasteiger partial charge < -0.3 is 14.6 Å². The van der Waals surface area contributed by atoms with Crippen LogP contribution in [0.15, 0.2) is 77.4 Å². The third-order valence-corrected chi connectivity index (χ3v) is 4.64. The van der Waals surface area contributed by atoms with E-state index in [1.165, 1.54) is 24.0 Å². The van der Waals surface area contributed by atoms with Gasteiger partial charge in [0.05, 0.1) is 12.8 Å². The third-order valence-electron chi connectivity index (χ3n) is 4.64. The van der Waals surface area contributed by atoms with Crippen molar-refractivity contribution in [3.05, 3.63) is 95.7 Å². The molecule has 0 fully saturated rings. The molecule has 0 aliphatic heterocycles. The maximum atomic E-state index is 13.2. The van der Waals surface area contributed by atoms with E-state index in [-0.39, 0.29) is 30.7 Å². The van der Waals surface area contributed by atoms with Gasteiger partial charge in [0.2, 0.25) is 11.8 Å². The molecule has 5 nitrogen and oxygen atoms in total. The van der Waals surface area contributed by atoms with E-state index in [0.29, 0.717) is 12.2 Å². The van der Waals surface area contributed by atoms with Gasteiger partial charge >= 0.3 is 0 Å². The second kappa shape index (κ2) is 9.68. The number of furan rings is 1. The first-order valence-electron chi connectivity index (χ1n) is 9.38. The molecule has 2 amide bonds. The molecule has 1 N–H and O–H groups in total. The Labute approximate surface area is 169 Å². The van der Waals surface area contributed by atoms with Gasteiger partial charge in [-0.2, -0.15) is 0 Å². The molecule has 2 aromatic carbocycles. The standard InChI is InChI=1S/C23H23FN2O3/c1-17(27)26(16-19-9-11-20(24)12-10-19)22(14-18-6-3-2-4-7-18)23(28)25-15-21-8-5-13-29-21/h2-13,22H,14-16H2,1H3,(H,25,28)/t22-/m0/s1. The zero-order chi connectivity index (χ0) is 20.6. The maximum Gasteiger partial charge on any atom is 0.243 e. The van der Waals surface area contributed by atoms with Crippen molar-refractivity contribution >= 4 is 11.8 Å². The van der Waals surface area contributed by atoms with E-state index >= 15 is 0 Å². The highest BCUT2D eigenvalue weighted by atomic mass is 19.1. The van der Waals surface area contributed by atoms with Crippen LogP contribution >= 0.6 is 0 Å². The monoisotopic (exact) mass is 394 g/mol. The molecule has 0 bridgehead atoms. The molecule has 1 atom stereocenters. The summed E-state index contributed by atoms with van der Waals surface area (Å²) in [6, 6.07) is 18.3. The van der Waals surface area contributed by atoms with E-state index in [1.54, 1.807) is 30.5 Å². The SMILES string of the molecule is CC(=O)N(Cc1ccc(F)cc1)[C@@H](Cc1ccccc1)C(=O)NCc1ccco1. The van der Waals surface area contributed by atoms with Gasteiger partial charge in [-0.1, -0.05) is 42.5 Å². The van der Waals surface area contributed by atoms with Crippen molar-refractivity contribution in [3.63, 3.8) is 0 Å². The number of amides is 2. The topological polar surface area (TPSA) is 62.6 Å². The van der Waals surface area contributed by atoms with Gasteiger partial charge in [-0.25, -0.2) is 4.39 Å². The fraction of sp³-hybridized carbons (Fsp3) is 0.217. The lowest BCUT2D eigenvalue weighted by molar-refractivity contribution is -0.139. The first-order chi connectivity index (χ1) is 14.0. The van der Waals surface area contributed by atoms with Gasteiger partial charge in [0.25, 0.3) is 0 Å². The number of hydrogen-bond donors (Lipinski definition) is 1. The van der Waals surface area contributed by atoms with E-state index in [0.717, 1.165) is 11.1 Å². The summed E-state index contributed by atoms with van der Waals surface area (Å²) in [7, 11) is 0. The fourth-order valence-electron chi connectivity index (χ4n) is 3.11. The summed E-state index contributed by atoms with van der Waals surface area (Å²) < 4.78 is 18.5. The first kappa shape index (κ1) is 20.3. The molecule has 6 heteroatoms.